The molecule has 18 heavy (non-hydrogen) atoms. The molecule has 0 bridgehead atoms. The summed E-state index contributed by atoms with van der Waals surface area (Å²) in [4.78, 5) is 0. The fraction of sp³-hybridized carbons (Fsp3) is 0.571. The highest BCUT2D eigenvalue weighted by molar-refractivity contribution is 7.98. The summed E-state index contributed by atoms with van der Waals surface area (Å²) in [7, 11) is 1.49. The first kappa shape index (κ1) is 15.3. The van der Waals surface area contributed by atoms with Gasteiger partial charge in [0.15, 0.2) is 11.6 Å². The molecule has 4 heteroatoms. The molecule has 0 fully saturated rings. The van der Waals surface area contributed by atoms with E-state index in [1.165, 1.54) is 13.2 Å². The van der Waals surface area contributed by atoms with E-state index in [1.54, 1.807) is 12.1 Å². The zero-order valence-electron chi connectivity index (χ0n) is 11.5. The Bertz CT molecular complexity index is 373. The van der Waals surface area contributed by atoms with Crippen LogP contribution < -0.4 is 10.1 Å². The van der Waals surface area contributed by atoms with E-state index in [-0.39, 0.29) is 11.9 Å². The SMILES string of the molecule is COc1cc(C(C)NC(C)CCSC)ccc1F. The van der Waals surface area contributed by atoms with E-state index in [1.807, 2.05) is 11.8 Å². The van der Waals surface area contributed by atoms with Gasteiger partial charge >= 0.3 is 0 Å². The number of thioether (sulfide) groups is 1. The van der Waals surface area contributed by atoms with Gasteiger partial charge in [0.25, 0.3) is 0 Å². The summed E-state index contributed by atoms with van der Waals surface area (Å²) in [5.74, 6) is 1.13. The molecule has 0 aliphatic heterocycles. The molecular weight excluding hydrogens is 249 g/mol. The maximum Gasteiger partial charge on any atom is 0.165 e. The maximum atomic E-state index is 13.3. The summed E-state index contributed by atoms with van der Waals surface area (Å²) in [6, 6.07) is 5.66. The fourth-order valence-electron chi connectivity index (χ4n) is 1.85. The third kappa shape index (κ3) is 4.50. The van der Waals surface area contributed by atoms with Crippen molar-refractivity contribution in [3.8, 4) is 5.75 Å². The van der Waals surface area contributed by atoms with Gasteiger partial charge in [-0.1, -0.05) is 6.07 Å². The van der Waals surface area contributed by atoms with Crippen LogP contribution in [-0.4, -0.2) is 25.2 Å². The van der Waals surface area contributed by atoms with Gasteiger partial charge in [0, 0.05) is 12.1 Å². The van der Waals surface area contributed by atoms with Crippen molar-refractivity contribution in [3.63, 3.8) is 0 Å². The van der Waals surface area contributed by atoms with Crippen LogP contribution in [0.15, 0.2) is 18.2 Å². The zero-order chi connectivity index (χ0) is 13.5. The molecule has 1 aromatic carbocycles. The van der Waals surface area contributed by atoms with Crippen LogP contribution in [0.1, 0.15) is 31.9 Å². The van der Waals surface area contributed by atoms with Crippen LogP contribution in [0.3, 0.4) is 0 Å². The quantitative estimate of drug-likeness (QED) is 0.818. The predicted molar refractivity (Wildman–Crippen MR) is 77.0 cm³/mol. The van der Waals surface area contributed by atoms with E-state index in [0.29, 0.717) is 11.8 Å². The van der Waals surface area contributed by atoms with Crippen molar-refractivity contribution < 1.29 is 9.13 Å². The van der Waals surface area contributed by atoms with Gasteiger partial charge in [-0.15, -0.1) is 0 Å². The lowest BCUT2D eigenvalue weighted by molar-refractivity contribution is 0.384. The number of methoxy groups -OCH3 is 1. The van der Waals surface area contributed by atoms with Crippen molar-refractivity contribution in [3.05, 3.63) is 29.6 Å². The van der Waals surface area contributed by atoms with E-state index in [0.717, 1.165) is 17.7 Å². The molecular formula is C14H22FNOS. The van der Waals surface area contributed by atoms with Gasteiger partial charge < -0.3 is 10.1 Å². The lowest BCUT2D eigenvalue weighted by atomic mass is 10.1. The minimum atomic E-state index is -0.316. The van der Waals surface area contributed by atoms with Gasteiger partial charge in [-0.2, -0.15) is 11.8 Å². The molecule has 0 aromatic heterocycles. The average molecular weight is 271 g/mol. The second kappa shape index (κ2) is 7.64. The van der Waals surface area contributed by atoms with Crippen LogP contribution in [-0.2, 0) is 0 Å². The number of hydrogen-bond acceptors (Lipinski definition) is 3. The van der Waals surface area contributed by atoms with E-state index >= 15 is 0 Å². The summed E-state index contributed by atoms with van der Waals surface area (Å²) in [5, 5.41) is 3.51. The summed E-state index contributed by atoms with van der Waals surface area (Å²) < 4.78 is 18.3. The number of halogens is 1. The lowest BCUT2D eigenvalue weighted by Gasteiger charge is -2.20. The number of hydrogen-bond donors (Lipinski definition) is 1. The van der Waals surface area contributed by atoms with Crippen LogP contribution >= 0.6 is 11.8 Å². The minimum Gasteiger partial charge on any atom is -0.494 e. The van der Waals surface area contributed by atoms with Crippen molar-refractivity contribution >= 4 is 11.8 Å². The molecule has 2 nitrogen and oxygen atoms in total. The molecule has 102 valence electrons. The Morgan fingerprint density at radius 3 is 2.72 bits per heavy atom. The molecule has 2 atom stereocenters. The Hall–Kier alpha value is -0.740. The molecule has 0 aliphatic rings. The van der Waals surface area contributed by atoms with Gasteiger partial charge in [0.05, 0.1) is 7.11 Å². The normalized spacial score (nSPS) is 14.3. The predicted octanol–water partition coefficient (Wildman–Crippen LogP) is 3.63. The lowest BCUT2D eigenvalue weighted by Crippen LogP contribution is -2.29. The molecule has 0 spiro atoms. The first-order chi connectivity index (χ1) is 8.58. The molecule has 0 saturated carbocycles. The van der Waals surface area contributed by atoms with Crippen LogP contribution in [0.5, 0.6) is 5.75 Å². The van der Waals surface area contributed by atoms with Crippen molar-refractivity contribution in [2.45, 2.75) is 32.4 Å². The zero-order valence-corrected chi connectivity index (χ0v) is 12.3. The number of benzene rings is 1. The van der Waals surface area contributed by atoms with Gasteiger partial charge in [-0.3, -0.25) is 0 Å². The molecule has 1 N–H and O–H groups in total. The number of nitrogens with one attached hydrogen (secondary N) is 1. The summed E-state index contributed by atoms with van der Waals surface area (Å²) >= 11 is 1.85. The molecule has 1 rings (SSSR count). The Kier molecular flexibility index (Phi) is 6.50. The minimum absolute atomic E-state index is 0.191. The molecule has 0 saturated heterocycles. The van der Waals surface area contributed by atoms with Gasteiger partial charge in [0.1, 0.15) is 0 Å². The van der Waals surface area contributed by atoms with Crippen molar-refractivity contribution in [2.24, 2.45) is 0 Å². The van der Waals surface area contributed by atoms with E-state index in [4.69, 9.17) is 4.74 Å². The van der Waals surface area contributed by atoms with E-state index < -0.39 is 0 Å². The van der Waals surface area contributed by atoms with Crippen molar-refractivity contribution in [1.82, 2.24) is 5.32 Å². The summed E-state index contributed by atoms with van der Waals surface area (Å²) in [6.07, 6.45) is 3.24. The third-order valence-corrected chi connectivity index (χ3v) is 3.61. The van der Waals surface area contributed by atoms with Gasteiger partial charge in [-0.25, -0.2) is 4.39 Å². The highest BCUT2D eigenvalue weighted by Gasteiger charge is 2.11. The topological polar surface area (TPSA) is 21.3 Å². The van der Waals surface area contributed by atoms with Gasteiger partial charge in [-0.05, 0) is 50.0 Å². The van der Waals surface area contributed by atoms with Crippen LogP contribution in [0, 0.1) is 5.82 Å². The second-order valence-corrected chi connectivity index (χ2v) is 5.45. The molecule has 2 unspecified atom stereocenters. The van der Waals surface area contributed by atoms with Crippen LogP contribution in [0.2, 0.25) is 0 Å². The highest BCUT2D eigenvalue weighted by atomic mass is 32.2. The molecule has 0 amide bonds. The van der Waals surface area contributed by atoms with Crippen molar-refractivity contribution in [2.75, 3.05) is 19.1 Å². The molecule has 0 aliphatic carbocycles. The largest absolute Gasteiger partial charge is 0.494 e. The average Bonchev–Trinajstić information content (AvgIpc) is 2.36. The molecule has 0 radical (unpaired) electrons. The van der Waals surface area contributed by atoms with E-state index in [2.05, 4.69) is 25.4 Å². The smallest absolute Gasteiger partial charge is 0.165 e. The standard InChI is InChI=1S/C14H22FNOS/c1-10(7-8-18-4)16-11(2)12-5-6-13(15)14(9-12)17-3/h5-6,9-11,16H,7-8H2,1-4H3. The molecule has 1 aromatic rings. The Morgan fingerprint density at radius 1 is 1.39 bits per heavy atom. The van der Waals surface area contributed by atoms with Gasteiger partial charge in [0.2, 0.25) is 0 Å². The fourth-order valence-corrected chi connectivity index (χ4v) is 2.44. The summed E-state index contributed by atoms with van der Waals surface area (Å²) in [6.45, 7) is 4.26. The maximum absolute atomic E-state index is 13.3. The van der Waals surface area contributed by atoms with Crippen LogP contribution in [0.25, 0.3) is 0 Å². The Balaban J connectivity index is 2.63. The first-order valence-electron chi connectivity index (χ1n) is 6.17. The van der Waals surface area contributed by atoms with Crippen LogP contribution in [0.4, 0.5) is 4.39 Å². The Labute approximate surface area is 113 Å². The van der Waals surface area contributed by atoms with E-state index in [9.17, 15) is 4.39 Å². The molecule has 0 heterocycles. The monoisotopic (exact) mass is 271 g/mol. The number of rotatable bonds is 7. The number of ether oxygens (including phenoxy) is 1. The second-order valence-electron chi connectivity index (χ2n) is 4.46. The Morgan fingerprint density at radius 2 is 2.11 bits per heavy atom. The third-order valence-electron chi connectivity index (χ3n) is 2.96. The first-order valence-corrected chi connectivity index (χ1v) is 7.56. The summed E-state index contributed by atoms with van der Waals surface area (Å²) in [5.41, 5.74) is 1.05. The highest BCUT2D eigenvalue weighted by Crippen LogP contribution is 2.23. The van der Waals surface area contributed by atoms with Crippen molar-refractivity contribution in [1.29, 1.82) is 0 Å².